The van der Waals surface area contributed by atoms with Crippen LogP contribution in [0.2, 0.25) is 0 Å². The van der Waals surface area contributed by atoms with E-state index in [1.807, 2.05) is 6.92 Å². The van der Waals surface area contributed by atoms with Crippen molar-refractivity contribution in [3.8, 4) is 0 Å². The molecule has 1 aromatic carbocycles. The smallest absolute Gasteiger partial charge is 0.327 e. The first-order chi connectivity index (χ1) is 10.8. The maximum Gasteiger partial charge on any atom is 0.327 e. The van der Waals surface area contributed by atoms with Crippen molar-refractivity contribution in [2.45, 2.75) is 26.4 Å². The molecule has 0 amide bonds. The largest absolute Gasteiger partial charge is 0.350 e. The molecule has 4 rings (SSSR count). The number of aromatic nitrogens is 4. The van der Waals surface area contributed by atoms with Gasteiger partial charge in [0.25, 0.3) is 0 Å². The van der Waals surface area contributed by atoms with Crippen molar-refractivity contribution in [2.75, 3.05) is 11.4 Å². The summed E-state index contributed by atoms with van der Waals surface area (Å²) in [6.45, 7) is 4.23. The summed E-state index contributed by atoms with van der Waals surface area (Å²) in [6, 6.07) is 8.47. The second-order valence-electron chi connectivity index (χ2n) is 5.51. The highest BCUT2D eigenvalue weighted by Crippen LogP contribution is 2.26. The van der Waals surface area contributed by atoms with Gasteiger partial charge >= 0.3 is 5.69 Å². The van der Waals surface area contributed by atoms with Crippen LogP contribution in [0.4, 0.5) is 5.82 Å². The van der Waals surface area contributed by atoms with Crippen LogP contribution in [0, 0.1) is 0 Å². The van der Waals surface area contributed by atoms with Crippen LogP contribution in [0.5, 0.6) is 0 Å². The summed E-state index contributed by atoms with van der Waals surface area (Å²) in [4.78, 5) is 25.8. The second-order valence-corrected chi connectivity index (χ2v) is 5.51. The van der Waals surface area contributed by atoms with Gasteiger partial charge in [-0.3, -0.25) is 4.57 Å². The van der Waals surface area contributed by atoms with Gasteiger partial charge in [-0.2, -0.15) is 0 Å². The van der Waals surface area contributed by atoms with E-state index < -0.39 is 0 Å². The first-order valence-electron chi connectivity index (χ1n) is 7.53. The number of fused-ring (bicyclic) bond motifs is 2. The minimum absolute atomic E-state index is 0.128. The molecule has 112 valence electrons. The van der Waals surface area contributed by atoms with E-state index in [9.17, 15) is 4.79 Å². The predicted molar refractivity (Wildman–Crippen MR) is 85.0 cm³/mol. The molecule has 1 N–H and O–H groups in total. The van der Waals surface area contributed by atoms with E-state index in [4.69, 9.17) is 0 Å². The van der Waals surface area contributed by atoms with E-state index in [-0.39, 0.29) is 5.69 Å². The zero-order valence-corrected chi connectivity index (χ0v) is 12.4. The van der Waals surface area contributed by atoms with Crippen LogP contribution in [0.1, 0.15) is 18.1 Å². The highest BCUT2D eigenvalue weighted by molar-refractivity contribution is 5.83. The van der Waals surface area contributed by atoms with Crippen LogP contribution in [-0.2, 0) is 19.5 Å². The molecule has 1 aliphatic rings. The van der Waals surface area contributed by atoms with Gasteiger partial charge in [-0.05, 0) is 24.5 Å². The average Bonchev–Trinajstić information content (AvgIpc) is 2.89. The van der Waals surface area contributed by atoms with Crippen molar-refractivity contribution >= 4 is 17.0 Å². The Morgan fingerprint density at radius 3 is 2.86 bits per heavy atom. The van der Waals surface area contributed by atoms with Crippen molar-refractivity contribution < 1.29 is 0 Å². The van der Waals surface area contributed by atoms with Gasteiger partial charge in [0.1, 0.15) is 11.8 Å². The number of H-pyrrole nitrogens is 1. The van der Waals surface area contributed by atoms with Gasteiger partial charge in [0, 0.05) is 19.6 Å². The van der Waals surface area contributed by atoms with Gasteiger partial charge in [0.05, 0.1) is 0 Å². The number of imidazole rings is 1. The van der Waals surface area contributed by atoms with Crippen LogP contribution in [0.15, 0.2) is 35.4 Å². The maximum atomic E-state index is 12.0. The Balaban J connectivity index is 1.81. The fraction of sp³-hybridized carbons (Fsp3) is 0.312. The van der Waals surface area contributed by atoms with Crippen molar-refractivity contribution in [3.63, 3.8) is 0 Å². The summed E-state index contributed by atoms with van der Waals surface area (Å²) in [7, 11) is 0. The molecule has 0 unspecified atom stereocenters. The molecule has 0 atom stereocenters. The number of aromatic amines is 1. The molecule has 6 nitrogen and oxygen atoms in total. The number of hydrogen-bond acceptors (Lipinski definition) is 4. The number of benzene rings is 1. The molecule has 22 heavy (non-hydrogen) atoms. The monoisotopic (exact) mass is 295 g/mol. The van der Waals surface area contributed by atoms with Crippen LogP contribution in [0.3, 0.4) is 0 Å². The maximum absolute atomic E-state index is 12.0. The molecule has 1 aliphatic heterocycles. The summed E-state index contributed by atoms with van der Waals surface area (Å²) in [5.41, 5.74) is 3.99. The summed E-state index contributed by atoms with van der Waals surface area (Å²) < 4.78 is 1.64. The standard InChI is InChI=1S/C16H17N5O/c1-2-21-15-13(19-16(21)22)14(17-10-18-15)20-8-7-11-5-3-4-6-12(11)9-20/h3-6,10H,2,7-9H2,1H3,(H,19,22). The fourth-order valence-electron chi connectivity index (χ4n) is 3.16. The van der Waals surface area contributed by atoms with Crippen molar-refractivity contribution in [1.29, 1.82) is 0 Å². The summed E-state index contributed by atoms with van der Waals surface area (Å²) in [5, 5.41) is 0. The molecule has 0 spiro atoms. The lowest BCUT2D eigenvalue weighted by Gasteiger charge is -2.29. The molecule has 3 aromatic rings. The SMILES string of the molecule is CCn1c(=O)[nH]c2c(N3CCc4ccccc4C3)ncnc21. The molecule has 0 radical (unpaired) electrons. The molecule has 2 aromatic heterocycles. The predicted octanol–water partition coefficient (Wildman–Crippen LogP) is 1.70. The number of aryl methyl sites for hydroxylation is 1. The van der Waals surface area contributed by atoms with Crippen LogP contribution < -0.4 is 10.6 Å². The number of rotatable bonds is 2. The molecule has 0 bridgehead atoms. The molecule has 0 aliphatic carbocycles. The Kier molecular flexibility index (Phi) is 2.96. The van der Waals surface area contributed by atoms with E-state index in [1.54, 1.807) is 4.57 Å². The molecule has 0 saturated heterocycles. The lowest BCUT2D eigenvalue weighted by molar-refractivity contribution is 0.721. The lowest BCUT2D eigenvalue weighted by Crippen LogP contribution is -2.31. The first kappa shape index (κ1) is 13.1. The fourth-order valence-corrected chi connectivity index (χ4v) is 3.16. The van der Waals surface area contributed by atoms with E-state index >= 15 is 0 Å². The van der Waals surface area contributed by atoms with E-state index in [0.29, 0.717) is 12.2 Å². The van der Waals surface area contributed by atoms with Gasteiger partial charge in [0.15, 0.2) is 11.5 Å². The summed E-state index contributed by atoms with van der Waals surface area (Å²) >= 11 is 0. The zero-order chi connectivity index (χ0) is 15.1. The number of hydrogen-bond donors (Lipinski definition) is 1. The van der Waals surface area contributed by atoms with Crippen LogP contribution >= 0.6 is 0 Å². The average molecular weight is 295 g/mol. The highest BCUT2D eigenvalue weighted by Gasteiger charge is 2.21. The molecule has 6 heteroatoms. The third-order valence-corrected chi connectivity index (χ3v) is 4.29. The Morgan fingerprint density at radius 1 is 1.23 bits per heavy atom. The van der Waals surface area contributed by atoms with Crippen molar-refractivity contribution in [3.05, 3.63) is 52.2 Å². The Labute approximate surface area is 127 Å². The third-order valence-electron chi connectivity index (χ3n) is 4.29. The van der Waals surface area contributed by atoms with Gasteiger partial charge in [0.2, 0.25) is 0 Å². The van der Waals surface area contributed by atoms with E-state index in [0.717, 1.165) is 30.8 Å². The quantitative estimate of drug-likeness (QED) is 0.781. The Hall–Kier alpha value is -2.63. The molecule has 3 heterocycles. The van der Waals surface area contributed by atoms with Crippen LogP contribution in [-0.4, -0.2) is 26.1 Å². The second kappa shape index (κ2) is 4.98. The summed E-state index contributed by atoms with van der Waals surface area (Å²) in [5.74, 6) is 0.809. The van der Waals surface area contributed by atoms with Crippen molar-refractivity contribution in [1.82, 2.24) is 19.5 Å². The van der Waals surface area contributed by atoms with Crippen molar-refractivity contribution in [2.24, 2.45) is 0 Å². The van der Waals surface area contributed by atoms with Gasteiger partial charge in [-0.15, -0.1) is 0 Å². The highest BCUT2D eigenvalue weighted by atomic mass is 16.1. The Morgan fingerprint density at radius 2 is 2.05 bits per heavy atom. The zero-order valence-electron chi connectivity index (χ0n) is 12.4. The normalized spacial score (nSPS) is 14.3. The number of nitrogens with zero attached hydrogens (tertiary/aromatic N) is 4. The minimum atomic E-state index is -0.128. The van der Waals surface area contributed by atoms with Gasteiger partial charge < -0.3 is 9.88 Å². The lowest BCUT2D eigenvalue weighted by atomic mass is 10.00. The molecule has 0 saturated carbocycles. The third kappa shape index (κ3) is 1.91. The van der Waals surface area contributed by atoms with Gasteiger partial charge in [-0.25, -0.2) is 14.8 Å². The summed E-state index contributed by atoms with van der Waals surface area (Å²) in [6.07, 6.45) is 2.53. The van der Waals surface area contributed by atoms with Crippen LogP contribution in [0.25, 0.3) is 11.2 Å². The number of anilines is 1. The van der Waals surface area contributed by atoms with E-state index in [2.05, 4.69) is 44.1 Å². The molecular weight excluding hydrogens is 278 g/mol. The Bertz CT molecular complexity index is 895. The first-order valence-corrected chi connectivity index (χ1v) is 7.53. The minimum Gasteiger partial charge on any atom is -0.350 e. The number of nitrogens with one attached hydrogen (secondary N) is 1. The van der Waals surface area contributed by atoms with E-state index in [1.165, 1.54) is 17.5 Å². The molecule has 0 fully saturated rings. The molecular formula is C16H17N5O. The van der Waals surface area contributed by atoms with Gasteiger partial charge in [-0.1, -0.05) is 24.3 Å². The topological polar surface area (TPSA) is 66.8 Å².